The summed E-state index contributed by atoms with van der Waals surface area (Å²) < 4.78 is 26.7. The minimum atomic E-state index is -3.46. The Morgan fingerprint density at radius 3 is 2.23 bits per heavy atom. The van der Waals surface area contributed by atoms with Gasteiger partial charge in [0.25, 0.3) is 0 Å². The third-order valence-corrected chi connectivity index (χ3v) is 6.96. The van der Waals surface area contributed by atoms with E-state index in [4.69, 9.17) is 0 Å². The van der Waals surface area contributed by atoms with Gasteiger partial charge < -0.3 is 9.80 Å². The number of hydrogen-bond donors (Lipinski definition) is 0. The lowest BCUT2D eigenvalue weighted by Gasteiger charge is -2.34. The molecule has 2 amide bonds. The van der Waals surface area contributed by atoms with Crippen LogP contribution in [0.5, 0.6) is 0 Å². The number of rotatable bonds is 4. The summed E-state index contributed by atoms with van der Waals surface area (Å²) in [5.41, 5.74) is 2.23. The highest BCUT2D eigenvalue weighted by atomic mass is 32.2. The number of sulfonamides is 1. The predicted octanol–water partition coefficient (Wildman–Crippen LogP) is 0.455. The van der Waals surface area contributed by atoms with Gasteiger partial charge in [-0.05, 0) is 17.5 Å². The molecule has 0 radical (unpaired) electrons. The van der Waals surface area contributed by atoms with E-state index in [0.717, 1.165) is 5.56 Å². The van der Waals surface area contributed by atoms with Gasteiger partial charge in [-0.1, -0.05) is 24.3 Å². The first kappa shape index (κ1) is 18.8. The van der Waals surface area contributed by atoms with Crippen molar-refractivity contribution >= 4 is 21.8 Å². The molecular formula is C18H25N3O4S. The molecule has 2 aliphatic rings. The van der Waals surface area contributed by atoms with Crippen LogP contribution in [0.3, 0.4) is 0 Å². The van der Waals surface area contributed by atoms with E-state index in [-0.39, 0.29) is 24.0 Å². The number of hydrogen-bond acceptors (Lipinski definition) is 4. The van der Waals surface area contributed by atoms with Crippen molar-refractivity contribution in [2.45, 2.75) is 26.3 Å². The maximum absolute atomic E-state index is 12.6. The fraction of sp³-hybridized carbons (Fsp3) is 0.556. The summed E-state index contributed by atoms with van der Waals surface area (Å²) in [5, 5.41) is 0. The summed E-state index contributed by atoms with van der Waals surface area (Å²) in [6, 6.07) is 7.87. The molecule has 0 atom stereocenters. The number of nitrogens with zero attached hydrogens (tertiary/aromatic N) is 3. The number of carbonyl (C=O) groups excluding carboxylic acids is 2. The van der Waals surface area contributed by atoms with Gasteiger partial charge >= 0.3 is 0 Å². The minimum absolute atomic E-state index is 0.00468. The molecule has 3 rings (SSSR count). The Labute approximate surface area is 154 Å². The molecule has 0 aromatic heterocycles. The fourth-order valence-corrected chi connectivity index (χ4v) is 4.88. The van der Waals surface area contributed by atoms with E-state index in [0.29, 0.717) is 45.7 Å². The van der Waals surface area contributed by atoms with Crippen molar-refractivity contribution in [3.63, 3.8) is 0 Å². The van der Waals surface area contributed by atoms with Crippen molar-refractivity contribution in [2.75, 3.05) is 38.5 Å². The van der Waals surface area contributed by atoms with Crippen LogP contribution in [-0.4, -0.2) is 72.8 Å². The van der Waals surface area contributed by atoms with Gasteiger partial charge in [0.05, 0.1) is 5.75 Å². The largest absolute Gasteiger partial charge is 0.339 e. The van der Waals surface area contributed by atoms with E-state index in [2.05, 4.69) is 0 Å². The molecular weight excluding hydrogens is 354 g/mol. The number of benzene rings is 1. The van der Waals surface area contributed by atoms with Gasteiger partial charge in [-0.2, -0.15) is 4.31 Å². The topological polar surface area (TPSA) is 78.0 Å². The Balaban J connectivity index is 1.53. The third kappa shape index (κ3) is 4.24. The molecule has 0 N–H and O–H groups in total. The van der Waals surface area contributed by atoms with E-state index in [1.54, 1.807) is 9.80 Å². The molecule has 0 unspecified atom stereocenters. The summed E-state index contributed by atoms with van der Waals surface area (Å²) in [6.45, 7) is 4.31. The summed E-state index contributed by atoms with van der Waals surface area (Å²) in [5.74, 6) is -0.319. The molecule has 142 valence electrons. The van der Waals surface area contributed by atoms with Crippen LogP contribution in [0.4, 0.5) is 0 Å². The molecule has 1 fully saturated rings. The lowest BCUT2D eigenvalue weighted by atomic mass is 10.0. The van der Waals surface area contributed by atoms with Gasteiger partial charge in [-0.3, -0.25) is 9.59 Å². The second-order valence-corrected chi connectivity index (χ2v) is 8.89. The first-order valence-corrected chi connectivity index (χ1v) is 10.6. The van der Waals surface area contributed by atoms with E-state index in [9.17, 15) is 18.0 Å². The number of amides is 2. The van der Waals surface area contributed by atoms with E-state index >= 15 is 0 Å². The molecule has 1 aromatic rings. The Bertz CT molecular complexity index is 785. The predicted molar refractivity (Wildman–Crippen MR) is 97.8 cm³/mol. The quantitative estimate of drug-likeness (QED) is 0.761. The standard InChI is InChI=1S/C18H25N3O4S/c1-15(22)19-9-11-20(12-10-19)18(23)7-13-26(24,25)21-8-6-16-4-2-3-5-17(16)14-21/h2-5H,6-14H2,1H3. The monoisotopic (exact) mass is 379 g/mol. The molecule has 2 aliphatic heterocycles. The maximum atomic E-state index is 12.6. The van der Waals surface area contributed by atoms with E-state index in [1.807, 2.05) is 24.3 Å². The average Bonchev–Trinajstić information content (AvgIpc) is 2.65. The van der Waals surface area contributed by atoms with Crippen LogP contribution in [0, 0.1) is 0 Å². The first-order chi connectivity index (χ1) is 12.4. The molecule has 2 heterocycles. The van der Waals surface area contributed by atoms with Gasteiger partial charge in [-0.25, -0.2) is 8.42 Å². The molecule has 0 aliphatic carbocycles. The summed E-state index contributed by atoms with van der Waals surface area (Å²) in [7, 11) is -3.46. The van der Waals surface area contributed by atoms with Crippen molar-refractivity contribution in [3.8, 4) is 0 Å². The molecule has 1 aromatic carbocycles. The summed E-state index contributed by atoms with van der Waals surface area (Å²) in [4.78, 5) is 27.0. The summed E-state index contributed by atoms with van der Waals surface area (Å²) in [6.07, 6.45) is 0.691. The molecule has 0 saturated carbocycles. The fourth-order valence-electron chi connectivity index (χ4n) is 3.48. The molecule has 7 nitrogen and oxygen atoms in total. The van der Waals surface area contributed by atoms with Crippen molar-refractivity contribution in [1.29, 1.82) is 0 Å². The van der Waals surface area contributed by atoms with Gasteiger partial charge in [0, 0.05) is 52.6 Å². The number of carbonyl (C=O) groups is 2. The third-order valence-electron chi connectivity index (χ3n) is 5.14. The molecule has 0 spiro atoms. The number of fused-ring (bicyclic) bond motifs is 1. The lowest BCUT2D eigenvalue weighted by Crippen LogP contribution is -2.50. The average molecular weight is 379 g/mol. The van der Waals surface area contributed by atoms with Gasteiger partial charge in [0.2, 0.25) is 21.8 Å². The Morgan fingerprint density at radius 1 is 0.962 bits per heavy atom. The number of piperazine rings is 1. The molecule has 26 heavy (non-hydrogen) atoms. The normalized spacial score (nSPS) is 18.5. The Morgan fingerprint density at radius 2 is 1.58 bits per heavy atom. The second-order valence-electron chi connectivity index (χ2n) is 6.81. The SMILES string of the molecule is CC(=O)N1CCN(C(=O)CCS(=O)(=O)N2CCc3ccccc3C2)CC1. The molecule has 0 bridgehead atoms. The zero-order valence-corrected chi connectivity index (χ0v) is 15.9. The second kappa shape index (κ2) is 7.75. The van der Waals surface area contributed by atoms with Crippen LogP contribution in [0.2, 0.25) is 0 Å². The first-order valence-electron chi connectivity index (χ1n) is 8.95. The van der Waals surface area contributed by atoms with E-state index in [1.165, 1.54) is 16.8 Å². The zero-order valence-electron chi connectivity index (χ0n) is 15.1. The van der Waals surface area contributed by atoms with Crippen LogP contribution in [0.15, 0.2) is 24.3 Å². The van der Waals surface area contributed by atoms with Gasteiger partial charge in [-0.15, -0.1) is 0 Å². The Hall–Kier alpha value is -1.93. The van der Waals surface area contributed by atoms with Crippen molar-refractivity contribution in [3.05, 3.63) is 35.4 Å². The van der Waals surface area contributed by atoms with Crippen molar-refractivity contribution in [1.82, 2.24) is 14.1 Å². The minimum Gasteiger partial charge on any atom is -0.339 e. The van der Waals surface area contributed by atoms with Crippen molar-refractivity contribution < 1.29 is 18.0 Å². The highest BCUT2D eigenvalue weighted by molar-refractivity contribution is 7.89. The van der Waals surface area contributed by atoms with Crippen molar-refractivity contribution in [2.24, 2.45) is 0 Å². The van der Waals surface area contributed by atoms with Gasteiger partial charge in [0.1, 0.15) is 0 Å². The highest BCUT2D eigenvalue weighted by Crippen LogP contribution is 2.21. The lowest BCUT2D eigenvalue weighted by molar-refractivity contribution is -0.138. The smallest absolute Gasteiger partial charge is 0.223 e. The van der Waals surface area contributed by atoms with E-state index < -0.39 is 10.0 Å². The van der Waals surface area contributed by atoms with Crippen LogP contribution in [0.1, 0.15) is 24.5 Å². The highest BCUT2D eigenvalue weighted by Gasteiger charge is 2.28. The molecule has 8 heteroatoms. The van der Waals surface area contributed by atoms with Crippen LogP contribution < -0.4 is 0 Å². The zero-order chi connectivity index (χ0) is 18.7. The van der Waals surface area contributed by atoms with Crippen LogP contribution >= 0.6 is 0 Å². The maximum Gasteiger partial charge on any atom is 0.223 e. The summed E-state index contributed by atoms with van der Waals surface area (Å²) >= 11 is 0. The van der Waals surface area contributed by atoms with Crippen LogP contribution in [-0.2, 0) is 32.6 Å². The Kier molecular flexibility index (Phi) is 5.62. The van der Waals surface area contributed by atoms with Crippen LogP contribution in [0.25, 0.3) is 0 Å². The molecule has 1 saturated heterocycles. The van der Waals surface area contributed by atoms with Gasteiger partial charge in [0.15, 0.2) is 0 Å².